The molecule has 12 heavy (non-hydrogen) atoms. The van der Waals surface area contributed by atoms with Crippen LogP contribution in [0.3, 0.4) is 0 Å². The number of rotatable bonds is 3. The van der Waals surface area contributed by atoms with Crippen LogP contribution >= 0.6 is 0 Å². The zero-order valence-corrected chi connectivity index (χ0v) is 7.06. The van der Waals surface area contributed by atoms with Gasteiger partial charge in [0.05, 0.1) is 6.61 Å². The summed E-state index contributed by atoms with van der Waals surface area (Å²) in [7, 11) is 0. The first-order valence-corrected chi connectivity index (χ1v) is 3.43. The third kappa shape index (κ3) is 16.0. The number of aliphatic hydroxyl groups is 2. The van der Waals surface area contributed by atoms with Gasteiger partial charge in [-0.15, -0.1) is 0 Å². The predicted octanol–water partition coefficient (Wildman–Crippen LogP) is -1.01. The van der Waals surface area contributed by atoms with Crippen molar-refractivity contribution in [2.75, 3.05) is 13.2 Å². The van der Waals surface area contributed by atoms with Crippen LogP contribution in [0.15, 0.2) is 12.7 Å². The zero-order chi connectivity index (χ0) is 9.98. The lowest BCUT2D eigenvalue weighted by Gasteiger charge is -1.90. The molecular formula is C7H15NO4. The monoisotopic (exact) mass is 177 g/mol. The first-order chi connectivity index (χ1) is 5.58. The molecule has 0 aliphatic carbocycles. The Hall–Kier alpha value is -0.910. The van der Waals surface area contributed by atoms with Crippen molar-refractivity contribution >= 4 is 5.97 Å². The first-order valence-electron chi connectivity index (χ1n) is 3.43. The van der Waals surface area contributed by atoms with E-state index in [1.165, 1.54) is 0 Å². The van der Waals surface area contributed by atoms with Crippen LogP contribution in [0.4, 0.5) is 0 Å². The molecule has 4 N–H and O–H groups in total. The number of hydrogen-bond acceptors (Lipinski definition) is 5. The third-order valence-electron chi connectivity index (χ3n) is 0.664. The summed E-state index contributed by atoms with van der Waals surface area (Å²) in [6.45, 7) is 5.29. The van der Waals surface area contributed by atoms with Gasteiger partial charge < -0.3 is 20.7 Å². The van der Waals surface area contributed by atoms with Crippen molar-refractivity contribution in [3.8, 4) is 0 Å². The maximum absolute atomic E-state index is 10.1. The highest BCUT2D eigenvalue weighted by molar-refractivity contribution is 5.81. The van der Waals surface area contributed by atoms with E-state index in [0.29, 0.717) is 6.61 Å². The molecule has 0 bridgehead atoms. The van der Waals surface area contributed by atoms with Crippen molar-refractivity contribution in [2.24, 2.45) is 5.73 Å². The van der Waals surface area contributed by atoms with E-state index in [1.807, 2.05) is 0 Å². The van der Waals surface area contributed by atoms with Gasteiger partial charge in [0.2, 0.25) is 0 Å². The Morgan fingerprint density at radius 3 is 2.25 bits per heavy atom. The number of carbonyl (C=O) groups is 1. The number of carbonyl (C=O) groups excluding carboxylic acids is 1. The maximum atomic E-state index is 10.1. The lowest BCUT2D eigenvalue weighted by atomic mass is 10.6. The Kier molecular flexibility index (Phi) is 11.5. The van der Waals surface area contributed by atoms with E-state index in [0.717, 1.165) is 6.08 Å². The second kappa shape index (κ2) is 10.1. The molecular weight excluding hydrogens is 162 g/mol. The molecule has 5 heteroatoms. The van der Waals surface area contributed by atoms with Crippen LogP contribution in [0.2, 0.25) is 0 Å². The van der Waals surface area contributed by atoms with Crippen molar-refractivity contribution < 1.29 is 19.7 Å². The molecule has 0 rings (SSSR count). The fourth-order valence-corrected chi connectivity index (χ4v) is 0.201. The minimum Gasteiger partial charge on any atom is -0.463 e. The summed E-state index contributed by atoms with van der Waals surface area (Å²) >= 11 is 0. The van der Waals surface area contributed by atoms with Gasteiger partial charge in [0.15, 0.2) is 6.29 Å². The molecule has 0 saturated carbocycles. The van der Waals surface area contributed by atoms with Crippen molar-refractivity contribution in [3.63, 3.8) is 0 Å². The van der Waals surface area contributed by atoms with E-state index < -0.39 is 6.29 Å². The van der Waals surface area contributed by atoms with Gasteiger partial charge in [-0.2, -0.15) is 0 Å². The lowest BCUT2D eigenvalue weighted by molar-refractivity contribution is -0.137. The molecule has 0 aromatic carbocycles. The van der Waals surface area contributed by atoms with Gasteiger partial charge in [-0.1, -0.05) is 6.58 Å². The van der Waals surface area contributed by atoms with E-state index in [1.54, 1.807) is 6.92 Å². The number of ether oxygens (including phenoxy) is 1. The fraction of sp³-hybridized carbons (Fsp3) is 0.571. The van der Waals surface area contributed by atoms with Crippen molar-refractivity contribution in [1.82, 2.24) is 0 Å². The number of aliphatic hydroxyl groups excluding tert-OH is 1. The molecule has 0 fully saturated rings. The first kappa shape index (κ1) is 13.7. The van der Waals surface area contributed by atoms with Crippen LogP contribution in [0.1, 0.15) is 6.92 Å². The van der Waals surface area contributed by atoms with Gasteiger partial charge in [0.1, 0.15) is 0 Å². The molecule has 0 aromatic heterocycles. The summed E-state index contributed by atoms with van der Waals surface area (Å²) in [5.74, 6) is -0.359. The Balaban J connectivity index is 0. The molecule has 0 amide bonds. The summed E-state index contributed by atoms with van der Waals surface area (Å²) in [5, 5.41) is 15.6. The molecule has 72 valence electrons. The second-order valence-corrected chi connectivity index (χ2v) is 1.67. The minimum absolute atomic E-state index is 0.0833. The van der Waals surface area contributed by atoms with Crippen LogP contribution < -0.4 is 5.73 Å². The summed E-state index contributed by atoms with van der Waals surface area (Å²) in [4.78, 5) is 10.1. The van der Waals surface area contributed by atoms with E-state index >= 15 is 0 Å². The van der Waals surface area contributed by atoms with Gasteiger partial charge in [0, 0.05) is 12.6 Å². The van der Waals surface area contributed by atoms with Crippen LogP contribution in [0.25, 0.3) is 0 Å². The Morgan fingerprint density at radius 2 is 2.17 bits per heavy atom. The van der Waals surface area contributed by atoms with Crippen molar-refractivity contribution in [2.45, 2.75) is 13.2 Å². The summed E-state index contributed by atoms with van der Waals surface area (Å²) in [6, 6.07) is 0. The largest absolute Gasteiger partial charge is 0.463 e. The lowest BCUT2D eigenvalue weighted by Crippen LogP contribution is -2.17. The van der Waals surface area contributed by atoms with Crippen LogP contribution in [0, 0.1) is 0 Å². The standard InChI is InChI=1S/C5H8O2.C2H7NO2/c1-3-5(6)7-4-2;3-1-2(4)5/h3H,1,4H2,2H3;2,4-5H,1,3H2. The molecule has 0 unspecified atom stereocenters. The normalized spacial score (nSPS) is 8.42. The van der Waals surface area contributed by atoms with Gasteiger partial charge >= 0.3 is 5.97 Å². The van der Waals surface area contributed by atoms with Crippen molar-refractivity contribution in [1.29, 1.82) is 0 Å². The number of esters is 1. The van der Waals surface area contributed by atoms with Crippen LogP contribution in [0.5, 0.6) is 0 Å². The predicted molar refractivity (Wildman–Crippen MR) is 44.1 cm³/mol. The fourth-order valence-electron chi connectivity index (χ4n) is 0.201. The van der Waals surface area contributed by atoms with E-state index in [2.05, 4.69) is 17.0 Å². The quantitative estimate of drug-likeness (QED) is 0.292. The Bertz CT molecular complexity index is 125. The summed E-state index contributed by atoms with van der Waals surface area (Å²) in [6.07, 6.45) is -0.196. The molecule has 0 atom stereocenters. The number of hydrogen-bond donors (Lipinski definition) is 3. The Morgan fingerprint density at radius 1 is 1.75 bits per heavy atom. The number of nitrogens with two attached hydrogens (primary N) is 1. The van der Waals surface area contributed by atoms with Gasteiger partial charge in [0.25, 0.3) is 0 Å². The second-order valence-electron chi connectivity index (χ2n) is 1.67. The van der Waals surface area contributed by atoms with Gasteiger partial charge in [-0.05, 0) is 6.92 Å². The molecule has 0 saturated heterocycles. The van der Waals surface area contributed by atoms with Crippen LogP contribution in [-0.2, 0) is 9.53 Å². The highest BCUT2D eigenvalue weighted by Crippen LogP contribution is 1.74. The molecule has 0 aliphatic rings. The molecule has 0 radical (unpaired) electrons. The molecule has 0 spiro atoms. The maximum Gasteiger partial charge on any atom is 0.330 e. The summed E-state index contributed by atoms with van der Waals surface area (Å²) in [5.41, 5.74) is 4.67. The summed E-state index contributed by atoms with van der Waals surface area (Å²) < 4.78 is 4.43. The molecule has 0 aliphatic heterocycles. The minimum atomic E-state index is -1.34. The van der Waals surface area contributed by atoms with Crippen molar-refractivity contribution in [3.05, 3.63) is 12.7 Å². The highest BCUT2D eigenvalue weighted by atomic mass is 16.5. The average molecular weight is 177 g/mol. The smallest absolute Gasteiger partial charge is 0.330 e. The third-order valence-corrected chi connectivity index (χ3v) is 0.664. The Labute approximate surface area is 71.4 Å². The molecule has 5 nitrogen and oxygen atoms in total. The zero-order valence-electron chi connectivity index (χ0n) is 7.06. The topological polar surface area (TPSA) is 92.8 Å². The average Bonchev–Trinajstić information content (AvgIpc) is 2.06. The highest BCUT2D eigenvalue weighted by Gasteiger charge is 1.86. The van der Waals surface area contributed by atoms with E-state index in [-0.39, 0.29) is 12.5 Å². The van der Waals surface area contributed by atoms with Crippen LogP contribution in [-0.4, -0.2) is 35.6 Å². The SMILES string of the molecule is C=CC(=O)OCC.NCC(O)O. The molecule has 0 aromatic rings. The van der Waals surface area contributed by atoms with E-state index in [4.69, 9.17) is 10.2 Å². The van der Waals surface area contributed by atoms with Gasteiger partial charge in [-0.25, -0.2) is 4.79 Å². The molecule has 0 heterocycles. The van der Waals surface area contributed by atoms with E-state index in [9.17, 15) is 4.79 Å². The van der Waals surface area contributed by atoms with Gasteiger partial charge in [-0.3, -0.25) is 0 Å².